The fraction of sp³-hybridized carbons (Fsp3) is 0.0909. The van der Waals surface area contributed by atoms with Crippen molar-refractivity contribution < 1.29 is 13.2 Å². The van der Waals surface area contributed by atoms with Crippen LogP contribution in [0.3, 0.4) is 0 Å². The lowest BCUT2D eigenvalue weighted by Gasteiger charge is -2.11. The molecular formula is C11H9ClF3NS. The fourth-order valence-electron chi connectivity index (χ4n) is 1.40. The van der Waals surface area contributed by atoms with Crippen LogP contribution >= 0.6 is 23.7 Å². The van der Waals surface area contributed by atoms with Gasteiger partial charge in [0.1, 0.15) is 0 Å². The number of thiophene rings is 1. The summed E-state index contributed by atoms with van der Waals surface area (Å²) in [5, 5.41) is 3.59. The van der Waals surface area contributed by atoms with Crippen molar-refractivity contribution in [1.29, 1.82) is 0 Å². The lowest BCUT2D eigenvalue weighted by molar-refractivity contribution is 0.444. The van der Waals surface area contributed by atoms with E-state index in [9.17, 15) is 13.2 Å². The van der Waals surface area contributed by atoms with Crippen molar-refractivity contribution >= 4 is 23.7 Å². The molecule has 17 heavy (non-hydrogen) atoms. The SMILES string of the molecule is Cl.N[C@H](c1ccsc1)c1cc(F)c(F)c(F)c1. The first-order chi connectivity index (χ1) is 7.59. The molecule has 2 N–H and O–H groups in total. The van der Waals surface area contributed by atoms with E-state index in [1.165, 1.54) is 11.3 Å². The molecule has 2 rings (SSSR count). The summed E-state index contributed by atoms with van der Waals surface area (Å²) in [6, 6.07) is 2.95. The Morgan fingerprint density at radius 3 is 2.12 bits per heavy atom. The summed E-state index contributed by atoms with van der Waals surface area (Å²) in [5.41, 5.74) is 6.76. The zero-order valence-electron chi connectivity index (χ0n) is 8.49. The molecule has 0 aliphatic heterocycles. The summed E-state index contributed by atoms with van der Waals surface area (Å²) < 4.78 is 38.7. The summed E-state index contributed by atoms with van der Waals surface area (Å²) in [4.78, 5) is 0. The summed E-state index contributed by atoms with van der Waals surface area (Å²) in [7, 11) is 0. The van der Waals surface area contributed by atoms with Crippen LogP contribution in [-0.2, 0) is 0 Å². The summed E-state index contributed by atoms with van der Waals surface area (Å²) in [6.45, 7) is 0. The van der Waals surface area contributed by atoms with Gasteiger partial charge in [0.05, 0.1) is 6.04 Å². The van der Waals surface area contributed by atoms with E-state index < -0.39 is 23.5 Å². The number of hydrogen-bond acceptors (Lipinski definition) is 2. The van der Waals surface area contributed by atoms with E-state index in [-0.39, 0.29) is 18.0 Å². The molecule has 0 spiro atoms. The van der Waals surface area contributed by atoms with Gasteiger partial charge in [0.15, 0.2) is 17.5 Å². The molecule has 1 nitrogen and oxygen atoms in total. The van der Waals surface area contributed by atoms with Crippen LogP contribution in [0.1, 0.15) is 17.2 Å². The second-order valence-corrected chi connectivity index (χ2v) is 4.11. The van der Waals surface area contributed by atoms with Gasteiger partial charge in [-0.15, -0.1) is 12.4 Å². The molecule has 0 bridgehead atoms. The smallest absolute Gasteiger partial charge is 0.194 e. The van der Waals surface area contributed by atoms with Crippen molar-refractivity contribution in [2.24, 2.45) is 5.73 Å². The van der Waals surface area contributed by atoms with Gasteiger partial charge in [0.2, 0.25) is 0 Å². The predicted molar refractivity (Wildman–Crippen MR) is 63.9 cm³/mol. The highest BCUT2D eigenvalue weighted by molar-refractivity contribution is 7.08. The largest absolute Gasteiger partial charge is 0.320 e. The van der Waals surface area contributed by atoms with Crippen molar-refractivity contribution in [2.45, 2.75) is 6.04 Å². The van der Waals surface area contributed by atoms with Crippen molar-refractivity contribution in [3.8, 4) is 0 Å². The van der Waals surface area contributed by atoms with Crippen molar-refractivity contribution in [2.75, 3.05) is 0 Å². The van der Waals surface area contributed by atoms with Crippen LogP contribution in [0.4, 0.5) is 13.2 Å². The van der Waals surface area contributed by atoms with Crippen molar-refractivity contribution in [1.82, 2.24) is 0 Å². The van der Waals surface area contributed by atoms with Crippen molar-refractivity contribution in [3.05, 3.63) is 57.5 Å². The van der Waals surface area contributed by atoms with E-state index in [2.05, 4.69) is 0 Å². The minimum absolute atomic E-state index is 0. The zero-order valence-corrected chi connectivity index (χ0v) is 10.1. The van der Waals surface area contributed by atoms with Gasteiger partial charge in [-0.05, 0) is 40.1 Å². The van der Waals surface area contributed by atoms with E-state index in [1.807, 2.05) is 5.38 Å². The Kier molecular flexibility index (Phi) is 4.56. The van der Waals surface area contributed by atoms with Crippen LogP contribution in [0.5, 0.6) is 0 Å². The summed E-state index contributed by atoms with van der Waals surface area (Å²) >= 11 is 1.43. The molecule has 0 aliphatic rings. The molecule has 0 amide bonds. The highest BCUT2D eigenvalue weighted by atomic mass is 35.5. The third-order valence-electron chi connectivity index (χ3n) is 2.27. The standard InChI is InChI=1S/C11H8F3NS.ClH/c12-8-3-7(4-9(13)10(8)14)11(15)6-1-2-16-5-6;/h1-5,11H,15H2;1H/t11-;/m1./s1. The van der Waals surface area contributed by atoms with E-state index in [0.29, 0.717) is 0 Å². The molecule has 0 saturated heterocycles. The number of halogens is 4. The normalized spacial score (nSPS) is 12.0. The lowest BCUT2D eigenvalue weighted by Crippen LogP contribution is -2.12. The maximum atomic E-state index is 13.0. The molecule has 1 aromatic heterocycles. The first-order valence-electron chi connectivity index (χ1n) is 4.51. The van der Waals surface area contributed by atoms with Gasteiger partial charge in [0, 0.05) is 0 Å². The van der Waals surface area contributed by atoms with Crippen LogP contribution in [-0.4, -0.2) is 0 Å². The molecule has 1 atom stereocenters. The maximum Gasteiger partial charge on any atom is 0.194 e. The second-order valence-electron chi connectivity index (χ2n) is 3.33. The molecule has 0 radical (unpaired) electrons. The van der Waals surface area contributed by atoms with Crippen LogP contribution in [0.2, 0.25) is 0 Å². The Bertz CT molecular complexity index is 478. The van der Waals surface area contributed by atoms with Crippen LogP contribution in [0.15, 0.2) is 29.0 Å². The number of nitrogens with two attached hydrogens (primary N) is 1. The van der Waals surface area contributed by atoms with Gasteiger partial charge in [-0.2, -0.15) is 11.3 Å². The fourth-order valence-corrected chi connectivity index (χ4v) is 2.10. The molecule has 0 saturated carbocycles. The topological polar surface area (TPSA) is 26.0 Å². The van der Waals surface area contributed by atoms with E-state index in [1.54, 1.807) is 11.4 Å². The molecular weight excluding hydrogens is 271 g/mol. The predicted octanol–water partition coefficient (Wildman–Crippen LogP) is 3.64. The van der Waals surface area contributed by atoms with Gasteiger partial charge in [0.25, 0.3) is 0 Å². The Labute approximate surface area is 106 Å². The van der Waals surface area contributed by atoms with Gasteiger partial charge in [-0.1, -0.05) is 0 Å². The molecule has 2 aromatic rings. The quantitative estimate of drug-likeness (QED) is 0.835. The van der Waals surface area contributed by atoms with Crippen molar-refractivity contribution in [3.63, 3.8) is 0 Å². The Morgan fingerprint density at radius 2 is 1.65 bits per heavy atom. The lowest BCUT2D eigenvalue weighted by atomic mass is 10.0. The Morgan fingerprint density at radius 1 is 1.06 bits per heavy atom. The second kappa shape index (κ2) is 5.53. The van der Waals surface area contributed by atoms with Crippen LogP contribution < -0.4 is 5.73 Å². The Balaban J connectivity index is 0.00000144. The first-order valence-corrected chi connectivity index (χ1v) is 5.46. The third-order valence-corrected chi connectivity index (χ3v) is 2.97. The van der Waals surface area contributed by atoms with Gasteiger partial charge < -0.3 is 5.73 Å². The number of rotatable bonds is 2. The molecule has 0 unspecified atom stereocenters. The average molecular weight is 280 g/mol. The summed E-state index contributed by atoms with van der Waals surface area (Å²) in [6.07, 6.45) is 0. The van der Waals surface area contributed by atoms with Crippen LogP contribution in [0.25, 0.3) is 0 Å². The molecule has 1 heterocycles. The molecule has 92 valence electrons. The maximum absolute atomic E-state index is 13.0. The monoisotopic (exact) mass is 279 g/mol. The van der Waals surface area contributed by atoms with Gasteiger partial charge in [-0.3, -0.25) is 0 Å². The molecule has 0 fully saturated rings. The third kappa shape index (κ3) is 2.80. The average Bonchev–Trinajstić information content (AvgIpc) is 2.77. The highest BCUT2D eigenvalue weighted by Crippen LogP contribution is 2.24. The van der Waals surface area contributed by atoms with Crippen LogP contribution in [0, 0.1) is 17.5 Å². The van der Waals surface area contributed by atoms with E-state index in [0.717, 1.165) is 17.7 Å². The zero-order chi connectivity index (χ0) is 11.7. The van der Waals surface area contributed by atoms with E-state index >= 15 is 0 Å². The van der Waals surface area contributed by atoms with Gasteiger partial charge in [-0.25, -0.2) is 13.2 Å². The summed E-state index contributed by atoms with van der Waals surface area (Å²) in [5.74, 6) is -3.91. The molecule has 6 heteroatoms. The molecule has 1 aromatic carbocycles. The Hall–Kier alpha value is -1.04. The highest BCUT2D eigenvalue weighted by Gasteiger charge is 2.16. The minimum Gasteiger partial charge on any atom is -0.320 e. The number of hydrogen-bond donors (Lipinski definition) is 1. The first kappa shape index (κ1) is 14.0. The molecule has 0 aliphatic carbocycles. The number of benzene rings is 1. The van der Waals surface area contributed by atoms with E-state index in [4.69, 9.17) is 5.73 Å². The minimum atomic E-state index is -1.47. The van der Waals surface area contributed by atoms with Gasteiger partial charge >= 0.3 is 0 Å².